The Morgan fingerprint density at radius 1 is 1.44 bits per heavy atom. The smallest absolute Gasteiger partial charge is 0.126 e. The van der Waals surface area contributed by atoms with Crippen LogP contribution in [0.25, 0.3) is 6.08 Å². The van der Waals surface area contributed by atoms with Gasteiger partial charge in [0.05, 0.1) is 6.61 Å². The maximum absolute atomic E-state index is 13.0. The third kappa shape index (κ3) is 4.55. The van der Waals surface area contributed by atoms with Gasteiger partial charge in [-0.2, -0.15) is 0 Å². The van der Waals surface area contributed by atoms with E-state index < -0.39 is 0 Å². The average molecular weight is 223 g/mol. The number of methoxy groups -OCH3 is 1. The molecule has 0 aliphatic heterocycles. The molecule has 0 bridgehead atoms. The molecule has 2 nitrogen and oxygen atoms in total. The van der Waals surface area contributed by atoms with Crippen LogP contribution in [0.5, 0.6) is 0 Å². The second-order valence-electron chi connectivity index (χ2n) is 3.61. The quantitative estimate of drug-likeness (QED) is 0.748. The maximum atomic E-state index is 13.0. The summed E-state index contributed by atoms with van der Waals surface area (Å²) in [5.74, 6) is -0.157. The van der Waals surface area contributed by atoms with E-state index in [4.69, 9.17) is 4.74 Å². The zero-order chi connectivity index (χ0) is 11.8. The fraction of sp³-hybridized carbons (Fsp3) is 0.385. The van der Waals surface area contributed by atoms with Gasteiger partial charge in [0.25, 0.3) is 0 Å². The lowest BCUT2D eigenvalue weighted by atomic mass is 10.1. The van der Waals surface area contributed by atoms with E-state index in [0.717, 1.165) is 18.7 Å². The van der Waals surface area contributed by atoms with Crippen LogP contribution < -0.4 is 5.32 Å². The molecule has 1 aromatic rings. The van der Waals surface area contributed by atoms with E-state index in [9.17, 15) is 4.39 Å². The minimum Gasteiger partial charge on any atom is -0.383 e. The topological polar surface area (TPSA) is 21.3 Å². The normalized spacial score (nSPS) is 11.2. The van der Waals surface area contributed by atoms with E-state index in [1.165, 1.54) is 6.07 Å². The van der Waals surface area contributed by atoms with Crippen molar-refractivity contribution in [2.45, 2.75) is 6.92 Å². The zero-order valence-electron chi connectivity index (χ0n) is 9.79. The summed E-state index contributed by atoms with van der Waals surface area (Å²) in [6, 6.07) is 5.10. The molecule has 0 fully saturated rings. The first-order valence-corrected chi connectivity index (χ1v) is 5.36. The fourth-order valence-corrected chi connectivity index (χ4v) is 1.33. The molecule has 16 heavy (non-hydrogen) atoms. The first-order valence-electron chi connectivity index (χ1n) is 5.36. The number of benzene rings is 1. The summed E-state index contributed by atoms with van der Waals surface area (Å²) in [5, 5.41) is 3.20. The van der Waals surface area contributed by atoms with E-state index in [2.05, 4.69) is 5.32 Å². The van der Waals surface area contributed by atoms with Crippen LogP contribution in [0.15, 0.2) is 24.3 Å². The summed E-state index contributed by atoms with van der Waals surface area (Å²) >= 11 is 0. The monoisotopic (exact) mass is 223 g/mol. The molecule has 1 rings (SSSR count). The molecule has 0 unspecified atom stereocenters. The summed E-state index contributed by atoms with van der Waals surface area (Å²) in [6.45, 7) is 4.11. The summed E-state index contributed by atoms with van der Waals surface area (Å²) in [7, 11) is 1.68. The number of hydrogen-bond acceptors (Lipinski definition) is 2. The number of ether oxygens (including phenoxy) is 1. The molecule has 0 aromatic heterocycles. The van der Waals surface area contributed by atoms with Crippen LogP contribution >= 0.6 is 0 Å². The van der Waals surface area contributed by atoms with Crippen LogP contribution in [0.4, 0.5) is 4.39 Å². The van der Waals surface area contributed by atoms with Gasteiger partial charge in [0.1, 0.15) is 5.82 Å². The van der Waals surface area contributed by atoms with Gasteiger partial charge < -0.3 is 10.1 Å². The van der Waals surface area contributed by atoms with Crippen LogP contribution in [0.3, 0.4) is 0 Å². The third-order valence-electron chi connectivity index (χ3n) is 2.24. The highest BCUT2D eigenvalue weighted by Gasteiger charge is 1.95. The Morgan fingerprint density at radius 3 is 2.94 bits per heavy atom. The first-order chi connectivity index (χ1) is 7.74. The Bertz CT molecular complexity index is 350. The molecule has 1 N–H and O–H groups in total. The van der Waals surface area contributed by atoms with Gasteiger partial charge in [0.15, 0.2) is 0 Å². The van der Waals surface area contributed by atoms with Crippen molar-refractivity contribution in [3.05, 3.63) is 41.2 Å². The Labute approximate surface area is 96.1 Å². The number of nitrogens with one attached hydrogen (secondary N) is 1. The number of rotatable bonds is 6. The lowest BCUT2D eigenvalue weighted by Crippen LogP contribution is -2.18. The predicted octanol–water partition coefficient (Wildman–Crippen LogP) is 2.38. The molecule has 0 amide bonds. The van der Waals surface area contributed by atoms with Crippen LogP contribution in [-0.2, 0) is 4.74 Å². The molecular formula is C13H18FNO. The van der Waals surface area contributed by atoms with Crippen molar-refractivity contribution in [3.8, 4) is 0 Å². The molecule has 3 heteroatoms. The van der Waals surface area contributed by atoms with Gasteiger partial charge in [-0.25, -0.2) is 4.39 Å². The second kappa shape index (κ2) is 7.14. The van der Waals surface area contributed by atoms with Gasteiger partial charge in [-0.3, -0.25) is 0 Å². The molecule has 0 atom stereocenters. The molecule has 0 heterocycles. The fourth-order valence-electron chi connectivity index (χ4n) is 1.33. The standard InChI is InChI=1S/C13H18FNO/c1-11-10-12(5-6-13(11)14)4-3-7-15-8-9-16-2/h3-6,10,15H,7-9H2,1-2H3. The molecule has 0 saturated carbocycles. The van der Waals surface area contributed by atoms with Gasteiger partial charge in [-0.05, 0) is 30.2 Å². The first kappa shape index (κ1) is 12.9. The Hall–Kier alpha value is -1.19. The van der Waals surface area contributed by atoms with Crippen molar-refractivity contribution in [2.24, 2.45) is 0 Å². The number of halogens is 1. The summed E-state index contributed by atoms with van der Waals surface area (Å²) in [4.78, 5) is 0. The van der Waals surface area contributed by atoms with Crippen molar-refractivity contribution in [1.29, 1.82) is 0 Å². The van der Waals surface area contributed by atoms with Gasteiger partial charge in [-0.1, -0.05) is 18.2 Å². The molecule has 0 aliphatic carbocycles. The van der Waals surface area contributed by atoms with E-state index in [1.807, 2.05) is 18.2 Å². The van der Waals surface area contributed by atoms with E-state index in [1.54, 1.807) is 20.1 Å². The SMILES string of the molecule is COCCNCC=Cc1ccc(F)c(C)c1. The van der Waals surface area contributed by atoms with Crippen molar-refractivity contribution < 1.29 is 9.13 Å². The third-order valence-corrected chi connectivity index (χ3v) is 2.24. The Balaban J connectivity index is 2.35. The van der Waals surface area contributed by atoms with E-state index in [0.29, 0.717) is 12.2 Å². The summed E-state index contributed by atoms with van der Waals surface area (Å²) < 4.78 is 17.9. The van der Waals surface area contributed by atoms with Crippen LogP contribution in [-0.4, -0.2) is 26.8 Å². The molecule has 0 aliphatic rings. The van der Waals surface area contributed by atoms with Crippen LogP contribution in [0.1, 0.15) is 11.1 Å². The van der Waals surface area contributed by atoms with Gasteiger partial charge in [0.2, 0.25) is 0 Å². The maximum Gasteiger partial charge on any atom is 0.126 e. The van der Waals surface area contributed by atoms with Crippen molar-refractivity contribution in [3.63, 3.8) is 0 Å². The summed E-state index contributed by atoms with van der Waals surface area (Å²) in [6.07, 6.45) is 3.99. The molecular weight excluding hydrogens is 205 g/mol. The van der Waals surface area contributed by atoms with Crippen LogP contribution in [0.2, 0.25) is 0 Å². The highest BCUT2D eigenvalue weighted by molar-refractivity contribution is 5.50. The molecule has 0 spiro atoms. The lowest BCUT2D eigenvalue weighted by molar-refractivity contribution is 0.200. The second-order valence-corrected chi connectivity index (χ2v) is 3.61. The lowest BCUT2D eigenvalue weighted by Gasteiger charge is -2.00. The molecule has 88 valence electrons. The van der Waals surface area contributed by atoms with Crippen LogP contribution in [0, 0.1) is 12.7 Å². The largest absolute Gasteiger partial charge is 0.383 e. The zero-order valence-corrected chi connectivity index (χ0v) is 9.79. The van der Waals surface area contributed by atoms with Crippen molar-refractivity contribution >= 4 is 6.08 Å². The van der Waals surface area contributed by atoms with E-state index >= 15 is 0 Å². The highest BCUT2D eigenvalue weighted by Crippen LogP contribution is 2.10. The van der Waals surface area contributed by atoms with Gasteiger partial charge in [0, 0.05) is 20.2 Å². The highest BCUT2D eigenvalue weighted by atomic mass is 19.1. The van der Waals surface area contributed by atoms with Crippen molar-refractivity contribution in [1.82, 2.24) is 5.32 Å². The van der Waals surface area contributed by atoms with Gasteiger partial charge >= 0.3 is 0 Å². The molecule has 0 radical (unpaired) electrons. The predicted molar refractivity (Wildman–Crippen MR) is 64.9 cm³/mol. The minimum absolute atomic E-state index is 0.157. The Kier molecular flexibility index (Phi) is 5.75. The number of aryl methyl sites for hydroxylation is 1. The molecule has 0 saturated heterocycles. The average Bonchev–Trinajstić information content (AvgIpc) is 2.28. The summed E-state index contributed by atoms with van der Waals surface area (Å²) in [5.41, 5.74) is 1.70. The molecule has 1 aromatic carbocycles. The number of hydrogen-bond donors (Lipinski definition) is 1. The minimum atomic E-state index is -0.157. The van der Waals surface area contributed by atoms with E-state index in [-0.39, 0.29) is 5.82 Å². The van der Waals surface area contributed by atoms with Gasteiger partial charge in [-0.15, -0.1) is 0 Å². The van der Waals surface area contributed by atoms with Crippen molar-refractivity contribution in [2.75, 3.05) is 26.8 Å². The Morgan fingerprint density at radius 2 is 2.25 bits per heavy atom.